The van der Waals surface area contributed by atoms with Gasteiger partial charge in [-0.25, -0.2) is 22.9 Å². The largest absolute Gasteiger partial charge is 0.478 e. The van der Waals surface area contributed by atoms with Gasteiger partial charge in [-0.2, -0.15) is 4.98 Å². The number of ether oxygens (including phenoxy) is 1. The number of anilines is 1. The van der Waals surface area contributed by atoms with Gasteiger partial charge in [-0.05, 0) is 80.5 Å². The number of likely N-dealkylation sites (N-methyl/N-ethyl adjacent to an activating group) is 1. The maximum atomic E-state index is 13.5. The number of hydrogen-bond acceptors (Lipinski definition) is 7. The van der Waals surface area contributed by atoms with Crippen LogP contribution in [-0.2, 0) is 16.6 Å². The second kappa shape index (κ2) is 15.5. The maximum Gasteiger partial charge on any atom is 0.335 e. The predicted octanol–water partition coefficient (Wildman–Crippen LogP) is 7.60. The summed E-state index contributed by atoms with van der Waals surface area (Å²) in [6.45, 7) is 13.4. The van der Waals surface area contributed by atoms with Gasteiger partial charge >= 0.3 is 5.97 Å². The van der Waals surface area contributed by atoms with E-state index in [0.717, 1.165) is 42.1 Å². The number of nitrogens with zero attached hydrogens (tertiary/aromatic N) is 3. The molecule has 10 heteroatoms. The van der Waals surface area contributed by atoms with Gasteiger partial charge < -0.3 is 9.84 Å². The minimum absolute atomic E-state index is 0.0371. The summed E-state index contributed by atoms with van der Waals surface area (Å²) in [7, 11) is -2.12. The third-order valence-electron chi connectivity index (χ3n) is 8.02. The minimum atomic E-state index is -4.24. The highest BCUT2D eigenvalue weighted by molar-refractivity contribution is 7.92. The summed E-state index contributed by atoms with van der Waals surface area (Å²) in [5.41, 5.74) is 4.37. The standard InChI is InChI=1S/C37H46N4O5S/c1-24(2)19-32(41(7)23-28-15-9-8-10-16-28)33(20-25(3)4)46-34-22-31(35-26(5)13-11-14-27(35)6)38-37(39-34)40-47(44,45)30-18-12-17-29(21-30)36(42)43/h8-18,21-22,24-25,32-33H,19-20,23H2,1-7H3,(H,42,43)(H,38,39,40)/t32-,33+/m1/s1. The van der Waals surface area contributed by atoms with Crippen molar-refractivity contribution >= 4 is 21.9 Å². The lowest BCUT2D eigenvalue weighted by Gasteiger charge is -2.36. The molecule has 0 bridgehead atoms. The number of carboxylic acid groups (broad SMARTS) is 1. The molecule has 0 aliphatic rings. The van der Waals surface area contributed by atoms with Gasteiger partial charge in [0, 0.05) is 24.2 Å². The quantitative estimate of drug-likeness (QED) is 0.134. The summed E-state index contributed by atoms with van der Waals surface area (Å²) in [5.74, 6) is -0.421. The van der Waals surface area contributed by atoms with Crippen LogP contribution in [0.3, 0.4) is 0 Å². The molecule has 0 saturated carbocycles. The Hall–Kier alpha value is -4.28. The highest BCUT2D eigenvalue weighted by Gasteiger charge is 2.30. The van der Waals surface area contributed by atoms with Crippen LogP contribution in [0.15, 0.2) is 83.8 Å². The molecule has 9 nitrogen and oxygen atoms in total. The second-order valence-electron chi connectivity index (χ2n) is 13.0. The molecular weight excluding hydrogens is 612 g/mol. The van der Waals surface area contributed by atoms with E-state index in [4.69, 9.17) is 4.74 Å². The van der Waals surface area contributed by atoms with Crippen LogP contribution in [0.4, 0.5) is 5.95 Å². The van der Waals surface area contributed by atoms with E-state index in [1.165, 1.54) is 23.8 Å². The van der Waals surface area contributed by atoms with Gasteiger partial charge in [0.05, 0.1) is 16.2 Å². The lowest BCUT2D eigenvalue weighted by atomic mass is 9.92. The summed E-state index contributed by atoms with van der Waals surface area (Å²) >= 11 is 0. The van der Waals surface area contributed by atoms with Gasteiger partial charge in [-0.3, -0.25) is 4.90 Å². The lowest BCUT2D eigenvalue weighted by Crippen LogP contribution is -2.45. The number of rotatable bonds is 15. The van der Waals surface area contributed by atoms with Crippen molar-refractivity contribution in [3.8, 4) is 17.1 Å². The SMILES string of the molecule is Cc1cccc(C)c1-c1cc(O[C@@H](CC(C)C)[C@@H](CC(C)C)N(C)Cc2ccccc2)nc(NS(=O)(=O)c2cccc(C(=O)O)c2)n1. The summed E-state index contributed by atoms with van der Waals surface area (Å²) in [5, 5.41) is 9.42. The van der Waals surface area contributed by atoms with Crippen molar-refractivity contribution in [2.75, 3.05) is 11.8 Å². The van der Waals surface area contributed by atoms with Gasteiger partial charge in [-0.1, -0.05) is 82.3 Å². The first-order valence-electron chi connectivity index (χ1n) is 16.0. The summed E-state index contributed by atoms with van der Waals surface area (Å²) in [6.07, 6.45) is 1.38. The number of aryl methyl sites for hydroxylation is 2. The molecule has 0 radical (unpaired) electrons. The first-order valence-corrected chi connectivity index (χ1v) is 17.4. The van der Waals surface area contributed by atoms with Crippen molar-refractivity contribution in [2.24, 2.45) is 11.8 Å². The van der Waals surface area contributed by atoms with E-state index < -0.39 is 16.0 Å². The molecule has 0 aliphatic heterocycles. The zero-order valence-corrected chi connectivity index (χ0v) is 29.1. The Kier molecular flexibility index (Phi) is 11.8. The molecule has 3 aromatic carbocycles. The highest BCUT2D eigenvalue weighted by Crippen LogP contribution is 2.31. The van der Waals surface area contributed by atoms with Gasteiger partial charge in [0.15, 0.2) is 0 Å². The van der Waals surface area contributed by atoms with E-state index in [1.54, 1.807) is 6.07 Å². The van der Waals surface area contributed by atoms with Crippen LogP contribution >= 0.6 is 0 Å². The molecule has 1 heterocycles. The van der Waals surface area contributed by atoms with Crippen molar-refractivity contribution in [1.82, 2.24) is 14.9 Å². The number of aromatic nitrogens is 2. The molecule has 0 fully saturated rings. The Morgan fingerprint density at radius 2 is 1.51 bits per heavy atom. The van der Waals surface area contributed by atoms with Crippen molar-refractivity contribution in [3.63, 3.8) is 0 Å². The second-order valence-corrected chi connectivity index (χ2v) is 14.7. The first-order chi connectivity index (χ1) is 22.2. The normalized spacial score (nSPS) is 13.1. The molecular formula is C37H46N4O5S. The number of aromatic carboxylic acids is 1. The van der Waals surface area contributed by atoms with E-state index in [0.29, 0.717) is 17.5 Å². The number of carbonyl (C=O) groups is 1. The number of benzene rings is 3. The zero-order chi connectivity index (χ0) is 34.3. The van der Waals surface area contributed by atoms with Gasteiger partial charge in [0.2, 0.25) is 11.8 Å². The fourth-order valence-corrected chi connectivity index (χ4v) is 6.83. The van der Waals surface area contributed by atoms with Crippen molar-refractivity contribution in [2.45, 2.75) is 78.0 Å². The van der Waals surface area contributed by atoms with Crippen LogP contribution < -0.4 is 9.46 Å². The van der Waals surface area contributed by atoms with Crippen molar-refractivity contribution in [1.29, 1.82) is 0 Å². The van der Waals surface area contributed by atoms with Gasteiger partial charge in [-0.15, -0.1) is 0 Å². The predicted molar refractivity (Wildman–Crippen MR) is 186 cm³/mol. The molecule has 2 atom stereocenters. The molecule has 4 aromatic rings. The van der Waals surface area contributed by atoms with E-state index >= 15 is 0 Å². The third-order valence-corrected chi connectivity index (χ3v) is 9.34. The molecule has 1 aromatic heterocycles. The van der Waals surface area contributed by atoms with Crippen LogP contribution in [0.5, 0.6) is 5.88 Å². The van der Waals surface area contributed by atoms with Crippen LogP contribution in [0.1, 0.15) is 67.6 Å². The van der Waals surface area contributed by atoms with Gasteiger partial charge in [0.1, 0.15) is 6.10 Å². The van der Waals surface area contributed by atoms with Gasteiger partial charge in [0.25, 0.3) is 10.0 Å². The number of hydrogen-bond donors (Lipinski definition) is 2. The third kappa shape index (κ3) is 9.62. The van der Waals surface area contributed by atoms with E-state index in [1.807, 2.05) is 50.2 Å². The zero-order valence-electron chi connectivity index (χ0n) is 28.3. The fourth-order valence-electron chi connectivity index (χ4n) is 5.84. The maximum absolute atomic E-state index is 13.5. The van der Waals surface area contributed by atoms with E-state index in [-0.39, 0.29) is 34.4 Å². The summed E-state index contributed by atoms with van der Waals surface area (Å²) in [6, 6.07) is 23.2. The number of sulfonamides is 1. The number of carboxylic acids is 1. The molecule has 0 unspecified atom stereocenters. The molecule has 0 spiro atoms. The Bertz CT molecular complexity index is 1760. The fraction of sp³-hybridized carbons (Fsp3) is 0.378. The molecule has 250 valence electrons. The van der Waals surface area contributed by atoms with Crippen LogP contribution in [0.2, 0.25) is 0 Å². The smallest absolute Gasteiger partial charge is 0.335 e. The lowest BCUT2D eigenvalue weighted by molar-refractivity contribution is 0.0481. The summed E-state index contributed by atoms with van der Waals surface area (Å²) < 4.78 is 36.3. The Morgan fingerprint density at radius 1 is 0.872 bits per heavy atom. The van der Waals surface area contributed by atoms with Crippen molar-refractivity contribution < 1.29 is 23.1 Å². The Balaban J connectivity index is 1.79. The molecule has 2 N–H and O–H groups in total. The summed E-state index contributed by atoms with van der Waals surface area (Å²) in [4.78, 5) is 22.9. The molecule has 47 heavy (non-hydrogen) atoms. The minimum Gasteiger partial charge on any atom is -0.478 e. The van der Waals surface area contributed by atoms with Crippen LogP contribution in [-0.4, -0.2) is 53.6 Å². The Morgan fingerprint density at radius 3 is 2.13 bits per heavy atom. The average molecular weight is 659 g/mol. The highest BCUT2D eigenvalue weighted by atomic mass is 32.2. The van der Waals surface area contributed by atoms with Crippen LogP contribution in [0, 0.1) is 25.7 Å². The van der Waals surface area contributed by atoms with Crippen molar-refractivity contribution in [3.05, 3.63) is 101 Å². The molecule has 0 amide bonds. The average Bonchev–Trinajstić information content (AvgIpc) is 2.99. The van der Waals surface area contributed by atoms with Crippen LogP contribution in [0.25, 0.3) is 11.3 Å². The van der Waals surface area contributed by atoms with E-state index in [9.17, 15) is 18.3 Å². The molecule has 0 saturated heterocycles. The Labute approximate surface area is 279 Å². The molecule has 0 aliphatic carbocycles. The topological polar surface area (TPSA) is 122 Å². The molecule has 4 rings (SSSR count). The number of nitrogens with one attached hydrogen (secondary N) is 1. The monoisotopic (exact) mass is 658 g/mol. The first kappa shape index (κ1) is 35.6. The van der Waals surface area contributed by atoms with E-state index in [2.05, 4.69) is 66.5 Å².